The van der Waals surface area contributed by atoms with Gasteiger partial charge in [-0.3, -0.25) is 14.6 Å². The molecular formula is C14H14N2O3. The lowest BCUT2D eigenvalue weighted by atomic mass is 10.1. The van der Waals surface area contributed by atoms with Crippen molar-refractivity contribution in [3.05, 3.63) is 42.1 Å². The Morgan fingerprint density at radius 1 is 1.32 bits per heavy atom. The molecule has 0 aliphatic rings. The first-order valence-corrected chi connectivity index (χ1v) is 5.99. The van der Waals surface area contributed by atoms with Gasteiger partial charge in [0.25, 0.3) is 5.91 Å². The van der Waals surface area contributed by atoms with Gasteiger partial charge in [-0.1, -0.05) is 18.2 Å². The molecule has 5 heteroatoms. The molecule has 0 saturated heterocycles. The van der Waals surface area contributed by atoms with E-state index in [4.69, 9.17) is 4.74 Å². The zero-order valence-electron chi connectivity index (χ0n) is 10.6. The molecule has 0 unspecified atom stereocenters. The molecule has 0 saturated carbocycles. The molecule has 0 aliphatic carbocycles. The molecule has 5 nitrogen and oxygen atoms in total. The van der Waals surface area contributed by atoms with Gasteiger partial charge >= 0.3 is 5.97 Å². The number of nitrogens with zero attached hydrogens (tertiary/aromatic N) is 1. The van der Waals surface area contributed by atoms with E-state index in [0.29, 0.717) is 12.2 Å². The van der Waals surface area contributed by atoms with Crippen LogP contribution in [0.4, 0.5) is 0 Å². The number of aromatic nitrogens is 1. The number of hydrogen-bond donors (Lipinski definition) is 1. The van der Waals surface area contributed by atoms with Crippen LogP contribution in [0.15, 0.2) is 36.5 Å². The van der Waals surface area contributed by atoms with Crippen molar-refractivity contribution in [1.82, 2.24) is 10.3 Å². The summed E-state index contributed by atoms with van der Waals surface area (Å²) in [6.07, 6.45) is 1.49. The van der Waals surface area contributed by atoms with E-state index in [-0.39, 0.29) is 12.5 Å². The quantitative estimate of drug-likeness (QED) is 0.844. The van der Waals surface area contributed by atoms with E-state index in [1.807, 2.05) is 24.3 Å². The minimum absolute atomic E-state index is 0.139. The number of para-hydroxylation sites is 1. The number of nitrogens with one attached hydrogen (secondary N) is 1. The first-order valence-electron chi connectivity index (χ1n) is 5.99. The summed E-state index contributed by atoms with van der Waals surface area (Å²) < 4.78 is 4.73. The van der Waals surface area contributed by atoms with Gasteiger partial charge in [-0.15, -0.1) is 0 Å². The maximum Gasteiger partial charge on any atom is 0.325 e. The number of carbonyl (C=O) groups excluding carboxylic acids is 2. The van der Waals surface area contributed by atoms with Crippen molar-refractivity contribution < 1.29 is 14.3 Å². The third-order valence-corrected chi connectivity index (χ3v) is 2.55. The Kier molecular flexibility index (Phi) is 4.07. The molecule has 1 N–H and O–H groups in total. The van der Waals surface area contributed by atoms with Gasteiger partial charge in [-0.25, -0.2) is 0 Å². The first kappa shape index (κ1) is 13.0. The number of benzene rings is 1. The molecule has 98 valence electrons. The fourth-order valence-electron chi connectivity index (χ4n) is 1.66. The number of rotatable bonds is 4. The van der Waals surface area contributed by atoms with Crippen molar-refractivity contribution in [3.8, 4) is 0 Å². The fraction of sp³-hybridized carbons (Fsp3) is 0.214. The van der Waals surface area contributed by atoms with Gasteiger partial charge in [0, 0.05) is 11.6 Å². The Bertz CT molecular complexity index is 610. The SMILES string of the molecule is CCOC(=O)CNC(=O)c1cnc2ccccc2c1. The Morgan fingerprint density at radius 2 is 2.11 bits per heavy atom. The van der Waals surface area contributed by atoms with Crippen LogP contribution in [0, 0.1) is 0 Å². The van der Waals surface area contributed by atoms with E-state index >= 15 is 0 Å². The molecule has 2 rings (SSSR count). The largest absolute Gasteiger partial charge is 0.465 e. The number of carbonyl (C=O) groups is 2. The van der Waals surface area contributed by atoms with E-state index in [2.05, 4.69) is 10.3 Å². The highest BCUT2D eigenvalue weighted by Gasteiger charge is 2.09. The number of fused-ring (bicyclic) bond motifs is 1. The highest BCUT2D eigenvalue weighted by molar-refractivity contribution is 5.98. The normalized spacial score (nSPS) is 10.2. The summed E-state index contributed by atoms with van der Waals surface area (Å²) in [6, 6.07) is 9.25. The summed E-state index contributed by atoms with van der Waals surface area (Å²) >= 11 is 0. The second-order valence-corrected chi connectivity index (χ2v) is 3.90. The van der Waals surface area contributed by atoms with Gasteiger partial charge in [0.05, 0.1) is 17.7 Å². The number of pyridine rings is 1. The van der Waals surface area contributed by atoms with Crippen LogP contribution in [-0.2, 0) is 9.53 Å². The third kappa shape index (κ3) is 3.28. The molecule has 0 bridgehead atoms. The van der Waals surface area contributed by atoms with E-state index in [9.17, 15) is 9.59 Å². The highest BCUT2D eigenvalue weighted by atomic mass is 16.5. The minimum Gasteiger partial charge on any atom is -0.465 e. The smallest absolute Gasteiger partial charge is 0.325 e. The predicted molar refractivity (Wildman–Crippen MR) is 70.7 cm³/mol. The second kappa shape index (κ2) is 5.95. The van der Waals surface area contributed by atoms with Crippen LogP contribution in [0.5, 0.6) is 0 Å². The Labute approximate surface area is 110 Å². The first-order chi connectivity index (χ1) is 9.20. The minimum atomic E-state index is -0.454. The van der Waals surface area contributed by atoms with Gasteiger partial charge in [0.1, 0.15) is 6.54 Å². The van der Waals surface area contributed by atoms with E-state index < -0.39 is 5.97 Å². The average molecular weight is 258 g/mol. The van der Waals surface area contributed by atoms with E-state index in [1.165, 1.54) is 6.20 Å². The second-order valence-electron chi connectivity index (χ2n) is 3.90. The van der Waals surface area contributed by atoms with Crippen LogP contribution in [0.2, 0.25) is 0 Å². The lowest BCUT2D eigenvalue weighted by molar-refractivity contribution is -0.141. The maximum absolute atomic E-state index is 11.8. The van der Waals surface area contributed by atoms with Crippen LogP contribution in [0.1, 0.15) is 17.3 Å². The van der Waals surface area contributed by atoms with Crippen molar-refractivity contribution in [3.63, 3.8) is 0 Å². The Morgan fingerprint density at radius 3 is 2.89 bits per heavy atom. The Hall–Kier alpha value is -2.43. The summed E-state index contributed by atoms with van der Waals surface area (Å²) in [4.78, 5) is 27.2. The standard InChI is InChI=1S/C14H14N2O3/c1-2-19-13(17)9-16-14(18)11-7-10-5-3-4-6-12(10)15-8-11/h3-8H,2,9H2,1H3,(H,16,18). The van der Waals surface area contributed by atoms with Crippen LogP contribution in [0.3, 0.4) is 0 Å². The maximum atomic E-state index is 11.8. The summed E-state index contributed by atoms with van der Waals surface area (Å²) in [5.41, 5.74) is 1.24. The summed E-state index contributed by atoms with van der Waals surface area (Å²) in [7, 11) is 0. The lowest BCUT2D eigenvalue weighted by Crippen LogP contribution is -2.30. The molecule has 1 amide bonds. The number of esters is 1. The van der Waals surface area contributed by atoms with Crippen molar-refractivity contribution in [1.29, 1.82) is 0 Å². The lowest BCUT2D eigenvalue weighted by Gasteiger charge is -2.05. The zero-order chi connectivity index (χ0) is 13.7. The van der Waals surface area contributed by atoms with Gasteiger partial charge in [-0.2, -0.15) is 0 Å². The molecule has 0 radical (unpaired) electrons. The molecule has 0 fully saturated rings. The van der Waals surface area contributed by atoms with E-state index in [1.54, 1.807) is 13.0 Å². The molecule has 0 spiro atoms. The number of amides is 1. The third-order valence-electron chi connectivity index (χ3n) is 2.55. The monoisotopic (exact) mass is 258 g/mol. The van der Waals surface area contributed by atoms with Crippen molar-refractivity contribution in [2.75, 3.05) is 13.2 Å². The fourth-order valence-corrected chi connectivity index (χ4v) is 1.66. The van der Waals surface area contributed by atoms with Crippen molar-refractivity contribution >= 4 is 22.8 Å². The Balaban J connectivity index is 2.07. The van der Waals surface area contributed by atoms with Gasteiger partial charge < -0.3 is 10.1 Å². The molecular weight excluding hydrogens is 244 g/mol. The summed E-state index contributed by atoms with van der Waals surface area (Å²) in [5, 5.41) is 3.38. The summed E-state index contributed by atoms with van der Waals surface area (Å²) in [5.74, 6) is -0.795. The topological polar surface area (TPSA) is 68.3 Å². The van der Waals surface area contributed by atoms with Gasteiger partial charge in [0.2, 0.25) is 0 Å². The van der Waals surface area contributed by atoms with Crippen LogP contribution in [-0.4, -0.2) is 30.0 Å². The molecule has 0 aliphatic heterocycles. The summed E-state index contributed by atoms with van der Waals surface area (Å²) in [6.45, 7) is 1.87. The molecule has 2 aromatic rings. The average Bonchev–Trinajstić information content (AvgIpc) is 2.44. The van der Waals surface area contributed by atoms with Crippen molar-refractivity contribution in [2.24, 2.45) is 0 Å². The molecule has 1 heterocycles. The molecule has 1 aromatic carbocycles. The van der Waals surface area contributed by atoms with Gasteiger partial charge in [-0.05, 0) is 19.1 Å². The zero-order valence-corrected chi connectivity index (χ0v) is 10.6. The number of ether oxygens (including phenoxy) is 1. The van der Waals surface area contributed by atoms with Gasteiger partial charge in [0.15, 0.2) is 0 Å². The molecule has 1 aromatic heterocycles. The number of hydrogen-bond acceptors (Lipinski definition) is 4. The van der Waals surface area contributed by atoms with E-state index in [0.717, 1.165) is 10.9 Å². The molecule has 0 atom stereocenters. The van der Waals surface area contributed by atoms with Crippen LogP contribution < -0.4 is 5.32 Å². The molecule has 19 heavy (non-hydrogen) atoms. The van der Waals surface area contributed by atoms with Crippen LogP contribution >= 0.6 is 0 Å². The predicted octanol–water partition coefficient (Wildman–Crippen LogP) is 1.53. The van der Waals surface area contributed by atoms with Crippen LogP contribution in [0.25, 0.3) is 10.9 Å². The highest BCUT2D eigenvalue weighted by Crippen LogP contribution is 2.12. The van der Waals surface area contributed by atoms with Crippen molar-refractivity contribution in [2.45, 2.75) is 6.92 Å².